The third-order valence-corrected chi connectivity index (χ3v) is 4.05. The molecule has 0 amide bonds. The Bertz CT molecular complexity index is 362. The number of carbonyl (C=O) groups excluding carboxylic acids is 1. The third kappa shape index (κ3) is 8.98. The van der Waals surface area contributed by atoms with Crippen LogP contribution in [0.3, 0.4) is 0 Å². The van der Waals surface area contributed by atoms with Gasteiger partial charge in [0.25, 0.3) is 0 Å². The quantitative estimate of drug-likeness (QED) is 0.295. The molecule has 0 saturated carbocycles. The van der Waals surface area contributed by atoms with Crippen LogP contribution in [-0.4, -0.2) is 29.1 Å². The van der Waals surface area contributed by atoms with Crippen LogP contribution in [0.25, 0.3) is 0 Å². The summed E-state index contributed by atoms with van der Waals surface area (Å²) in [5, 5.41) is 8.44. The van der Waals surface area contributed by atoms with E-state index in [-0.39, 0.29) is 18.0 Å². The highest BCUT2D eigenvalue weighted by molar-refractivity contribution is 5.85. The molecule has 1 N–H and O–H groups in total. The largest absolute Gasteiger partial charge is 0.478 e. The standard InChI is InChI=1S/C18H30O4/c1-2-3-9-13-16-18(22-16)15(19)12-10-7-5-4-6-8-11-14-17(20)21/h11,14,16,18H,2-10,12-13H2,1H3,(H,20,21). The van der Waals surface area contributed by atoms with Gasteiger partial charge in [-0.2, -0.15) is 0 Å². The lowest BCUT2D eigenvalue weighted by atomic mass is 10.0. The average molecular weight is 310 g/mol. The molecule has 0 aromatic rings. The van der Waals surface area contributed by atoms with Crippen molar-refractivity contribution in [3.63, 3.8) is 0 Å². The summed E-state index contributed by atoms with van der Waals surface area (Å²) in [7, 11) is 0. The highest BCUT2D eigenvalue weighted by Gasteiger charge is 2.43. The number of allylic oxidation sites excluding steroid dienone is 1. The Balaban J connectivity index is 1.89. The number of Topliss-reactive ketones (excluding diaryl/α,β-unsaturated/α-hetero) is 1. The molecule has 1 fully saturated rings. The maximum absolute atomic E-state index is 11.9. The molecule has 0 bridgehead atoms. The predicted octanol–water partition coefficient (Wildman–Crippen LogP) is 4.27. The van der Waals surface area contributed by atoms with E-state index in [0.717, 1.165) is 44.9 Å². The summed E-state index contributed by atoms with van der Waals surface area (Å²) >= 11 is 0. The monoisotopic (exact) mass is 310 g/mol. The second-order valence-corrected chi connectivity index (χ2v) is 6.10. The van der Waals surface area contributed by atoms with Gasteiger partial charge in [0.2, 0.25) is 0 Å². The number of unbranched alkanes of at least 4 members (excludes halogenated alkanes) is 7. The van der Waals surface area contributed by atoms with Crippen LogP contribution in [0.15, 0.2) is 12.2 Å². The number of carbonyl (C=O) groups is 2. The fourth-order valence-corrected chi connectivity index (χ4v) is 2.66. The first-order valence-corrected chi connectivity index (χ1v) is 8.72. The zero-order chi connectivity index (χ0) is 16.2. The molecule has 2 unspecified atom stereocenters. The molecule has 1 rings (SSSR count). The molecule has 0 radical (unpaired) electrons. The van der Waals surface area contributed by atoms with Crippen LogP contribution in [0.1, 0.15) is 77.6 Å². The molecule has 22 heavy (non-hydrogen) atoms. The fraction of sp³-hybridized carbons (Fsp3) is 0.778. The molecule has 2 atom stereocenters. The normalized spacial score (nSPS) is 20.4. The number of hydrogen-bond donors (Lipinski definition) is 1. The maximum atomic E-state index is 11.9. The lowest BCUT2D eigenvalue weighted by molar-refractivity contribution is -0.131. The summed E-state index contributed by atoms with van der Waals surface area (Å²) in [5.41, 5.74) is 0. The molecule has 1 saturated heterocycles. The van der Waals surface area contributed by atoms with Gasteiger partial charge in [0.15, 0.2) is 5.78 Å². The molecular formula is C18H30O4. The van der Waals surface area contributed by atoms with Crippen LogP contribution in [0, 0.1) is 0 Å². The number of epoxide rings is 1. The Morgan fingerprint density at radius 2 is 1.77 bits per heavy atom. The zero-order valence-corrected chi connectivity index (χ0v) is 13.8. The van der Waals surface area contributed by atoms with Gasteiger partial charge in [0.05, 0.1) is 6.10 Å². The first kappa shape index (κ1) is 18.9. The van der Waals surface area contributed by atoms with Crippen molar-refractivity contribution in [3.8, 4) is 0 Å². The Kier molecular flexibility index (Phi) is 9.80. The van der Waals surface area contributed by atoms with Gasteiger partial charge in [0.1, 0.15) is 6.10 Å². The summed E-state index contributed by atoms with van der Waals surface area (Å²) in [6.07, 6.45) is 14.4. The lowest BCUT2D eigenvalue weighted by Gasteiger charge is -2.00. The van der Waals surface area contributed by atoms with Gasteiger partial charge in [0, 0.05) is 12.5 Å². The molecule has 4 nitrogen and oxygen atoms in total. The van der Waals surface area contributed by atoms with Gasteiger partial charge < -0.3 is 9.84 Å². The Labute approximate surface area is 133 Å². The van der Waals surface area contributed by atoms with Crippen molar-refractivity contribution in [1.82, 2.24) is 0 Å². The smallest absolute Gasteiger partial charge is 0.327 e. The average Bonchev–Trinajstić information content (AvgIpc) is 3.25. The predicted molar refractivity (Wildman–Crippen MR) is 86.9 cm³/mol. The number of hydrogen-bond acceptors (Lipinski definition) is 3. The van der Waals surface area contributed by atoms with E-state index >= 15 is 0 Å². The maximum Gasteiger partial charge on any atom is 0.327 e. The van der Waals surface area contributed by atoms with Gasteiger partial charge in [-0.25, -0.2) is 4.79 Å². The summed E-state index contributed by atoms with van der Waals surface area (Å²) in [6, 6.07) is 0. The lowest BCUT2D eigenvalue weighted by Crippen LogP contribution is -2.09. The van der Waals surface area contributed by atoms with Crippen LogP contribution < -0.4 is 0 Å². The Hall–Kier alpha value is -1.16. The Morgan fingerprint density at radius 1 is 1.05 bits per heavy atom. The van der Waals surface area contributed by atoms with Gasteiger partial charge >= 0.3 is 5.97 Å². The summed E-state index contributed by atoms with van der Waals surface area (Å²) in [5.74, 6) is -0.598. The molecule has 0 spiro atoms. The van der Waals surface area contributed by atoms with E-state index in [1.807, 2.05) is 0 Å². The molecule has 0 aliphatic carbocycles. The first-order chi connectivity index (χ1) is 10.6. The van der Waals surface area contributed by atoms with Crippen molar-refractivity contribution in [1.29, 1.82) is 0 Å². The molecular weight excluding hydrogens is 280 g/mol. The number of aliphatic carboxylic acids is 1. The van der Waals surface area contributed by atoms with Crippen molar-refractivity contribution in [2.24, 2.45) is 0 Å². The van der Waals surface area contributed by atoms with Crippen molar-refractivity contribution >= 4 is 11.8 Å². The summed E-state index contributed by atoms with van der Waals surface area (Å²) < 4.78 is 5.46. The topological polar surface area (TPSA) is 66.9 Å². The Morgan fingerprint density at radius 3 is 2.50 bits per heavy atom. The van der Waals surface area contributed by atoms with Crippen LogP contribution in [0.4, 0.5) is 0 Å². The van der Waals surface area contributed by atoms with Gasteiger partial charge in [-0.05, 0) is 25.7 Å². The number of ketones is 1. The minimum atomic E-state index is -0.881. The second-order valence-electron chi connectivity index (χ2n) is 6.10. The highest BCUT2D eigenvalue weighted by Crippen LogP contribution is 2.29. The van der Waals surface area contributed by atoms with Crippen LogP contribution in [0.5, 0.6) is 0 Å². The summed E-state index contributed by atoms with van der Waals surface area (Å²) in [6.45, 7) is 2.18. The number of rotatable bonds is 14. The molecule has 126 valence electrons. The molecule has 1 aliphatic heterocycles. The third-order valence-electron chi connectivity index (χ3n) is 4.05. The molecule has 1 aliphatic rings. The van der Waals surface area contributed by atoms with E-state index in [1.165, 1.54) is 25.3 Å². The molecule has 0 aromatic heterocycles. The minimum Gasteiger partial charge on any atom is -0.478 e. The first-order valence-electron chi connectivity index (χ1n) is 8.72. The van der Waals surface area contributed by atoms with Gasteiger partial charge in [-0.1, -0.05) is 51.5 Å². The van der Waals surface area contributed by atoms with E-state index < -0.39 is 5.97 Å². The van der Waals surface area contributed by atoms with Gasteiger partial charge in [-0.15, -0.1) is 0 Å². The molecule has 1 heterocycles. The second kappa shape index (κ2) is 11.4. The minimum absolute atomic E-state index is 0.0991. The molecule has 0 aromatic carbocycles. The number of ether oxygens (including phenoxy) is 1. The summed E-state index contributed by atoms with van der Waals surface area (Å²) in [4.78, 5) is 22.2. The zero-order valence-electron chi connectivity index (χ0n) is 13.8. The van der Waals surface area contributed by atoms with E-state index in [9.17, 15) is 9.59 Å². The van der Waals surface area contributed by atoms with Crippen LogP contribution in [0.2, 0.25) is 0 Å². The number of carboxylic acids is 1. The van der Waals surface area contributed by atoms with Crippen molar-refractivity contribution < 1.29 is 19.4 Å². The fourth-order valence-electron chi connectivity index (χ4n) is 2.66. The van der Waals surface area contributed by atoms with Crippen LogP contribution >= 0.6 is 0 Å². The number of carboxylic acid groups (broad SMARTS) is 1. The van der Waals surface area contributed by atoms with Crippen molar-refractivity contribution in [2.75, 3.05) is 0 Å². The van der Waals surface area contributed by atoms with Crippen LogP contribution in [-0.2, 0) is 14.3 Å². The van der Waals surface area contributed by atoms with Crippen molar-refractivity contribution in [3.05, 3.63) is 12.2 Å². The highest BCUT2D eigenvalue weighted by atomic mass is 16.6. The van der Waals surface area contributed by atoms with Crippen molar-refractivity contribution in [2.45, 2.75) is 89.8 Å². The van der Waals surface area contributed by atoms with Gasteiger partial charge in [-0.3, -0.25) is 4.79 Å². The SMILES string of the molecule is CCCCCC1OC1C(=O)CCCCCCCC=CC(=O)O. The van der Waals surface area contributed by atoms with E-state index in [2.05, 4.69) is 6.92 Å². The van der Waals surface area contributed by atoms with E-state index in [1.54, 1.807) is 6.08 Å². The van der Waals surface area contributed by atoms with E-state index in [4.69, 9.17) is 9.84 Å². The molecule has 4 heteroatoms. The van der Waals surface area contributed by atoms with E-state index in [0.29, 0.717) is 6.42 Å².